The van der Waals surface area contributed by atoms with Crippen molar-refractivity contribution in [3.8, 4) is 45.0 Å². The van der Waals surface area contributed by atoms with E-state index in [0.29, 0.717) is 0 Å². The lowest BCUT2D eigenvalue weighted by Crippen LogP contribution is -2.02. The monoisotopic (exact) mass is 1450 g/mol. The van der Waals surface area contributed by atoms with Crippen LogP contribution in [-0.4, -0.2) is 23.3 Å². The molecule has 442 valence electrons. The molecule has 19 aromatic rings. The highest BCUT2D eigenvalue weighted by Crippen LogP contribution is 2.42. The predicted octanol–water partition coefficient (Wildman–Crippen LogP) is 25.5. The first-order valence-corrected chi connectivity index (χ1v) is 34.1. The molecule has 1 N–H and O–H groups in total. The Morgan fingerprint density at radius 1 is 0.183 bits per heavy atom. The standard InChI is InChI=1S/C60H38N4.C12H6Br4.C12H9N/c1-9-25-53-45(17-1)46-18-2-10-26-54(46)61(53)41-33-39(34-42(37-41)62-55-27-11-3-19-47(55)48-20-4-12-28-56(48)62)40-35-43(63-57-29-13-5-21-49(57)50-22-6-14-30-58(50)63)38-44(36-40)64-59-31-15-7-23-51(59)52-24-8-16-32-60(52)64;13-9-1-7(2-10(14)5-9)8-3-11(15)6-12(16)4-8;1-3-7-11-9(5-1)10-6-2-4-8-12(10)13-11/h1-38H;1-6H;1-8,13H. The van der Waals surface area contributed by atoms with E-state index in [0.717, 1.165) is 51.8 Å². The maximum Gasteiger partial charge on any atom is 0.0541 e. The van der Waals surface area contributed by atoms with E-state index in [1.807, 2.05) is 12.1 Å². The molecule has 5 aromatic heterocycles. The van der Waals surface area contributed by atoms with Crippen LogP contribution < -0.4 is 0 Å². The zero-order chi connectivity index (χ0) is 62.3. The van der Waals surface area contributed by atoms with Crippen molar-refractivity contribution < 1.29 is 0 Å². The molecule has 0 atom stereocenters. The van der Waals surface area contributed by atoms with Crippen molar-refractivity contribution in [2.75, 3.05) is 0 Å². The van der Waals surface area contributed by atoms with Crippen LogP contribution in [0.5, 0.6) is 0 Å². The fourth-order valence-corrected chi connectivity index (χ4v) is 16.7. The summed E-state index contributed by atoms with van der Waals surface area (Å²) in [7, 11) is 0. The van der Waals surface area contributed by atoms with Crippen molar-refractivity contribution in [2.45, 2.75) is 0 Å². The Bertz CT molecular complexity index is 5270. The lowest BCUT2D eigenvalue weighted by Gasteiger charge is -2.18. The Hall–Kier alpha value is -10.0. The average Bonchev–Trinajstić information content (AvgIpc) is 1.63. The van der Waals surface area contributed by atoms with Crippen LogP contribution in [0.3, 0.4) is 0 Å². The maximum atomic E-state index is 3.49. The first-order chi connectivity index (χ1) is 45.8. The minimum Gasteiger partial charge on any atom is -0.355 e. The van der Waals surface area contributed by atoms with Gasteiger partial charge >= 0.3 is 0 Å². The van der Waals surface area contributed by atoms with Gasteiger partial charge in [-0.2, -0.15) is 0 Å². The molecule has 0 aliphatic carbocycles. The molecule has 19 rings (SSSR count). The lowest BCUT2D eigenvalue weighted by atomic mass is 10.0. The van der Waals surface area contributed by atoms with Crippen LogP contribution in [0, 0.1) is 0 Å². The van der Waals surface area contributed by atoms with Gasteiger partial charge < -0.3 is 23.3 Å². The van der Waals surface area contributed by atoms with Gasteiger partial charge in [-0.25, -0.2) is 0 Å². The van der Waals surface area contributed by atoms with E-state index >= 15 is 0 Å². The molecule has 0 saturated carbocycles. The Labute approximate surface area is 569 Å². The maximum absolute atomic E-state index is 3.49. The summed E-state index contributed by atoms with van der Waals surface area (Å²) in [5.74, 6) is 0. The lowest BCUT2D eigenvalue weighted by molar-refractivity contribution is 1.13. The van der Waals surface area contributed by atoms with Crippen molar-refractivity contribution >= 4 is 173 Å². The van der Waals surface area contributed by atoms with Crippen LogP contribution in [0.2, 0.25) is 0 Å². The topological polar surface area (TPSA) is 35.5 Å². The summed E-state index contributed by atoms with van der Waals surface area (Å²) in [5.41, 5.74) is 20.9. The third-order valence-electron chi connectivity index (χ3n) is 18.0. The number of para-hydroxylation sites is 10. The highest BCUT2D eigenvalue weighted by atomic mass is 79.9. The molecule has 0 spiro atoms. The molecule has 0 saturated heterocycles. The zero-order valence-corrected chi connectivity index (χ0v) is 56.2. The number of halogens is 4. The summed E-state index contributed by atoms with van der Waals surface area (Å²) in [4.78, 5) is 3.38. The molecule has 0 fully saturated rings. The van der Waals surface area contributed by atoms with Gasteiger partial charge in [0.15, 0.2) is 0 Å². The third kappa shape index (κ3) is 10.1. The van der Waals surface area contributed by atoms with Crippen molar-refractivity contribution in [3.05, 3.63) is 333 Å². The second kappa shape index (κ2) is 23.6. The molecule has 93 heavy (non-hydrogen) atoms. The summed E-state index contributed by atoms with van der Waals surface area (Å²) in [6.07, 6.45) is 0. The summed E-state index contributed by atoms with van der Waals surface area (Å²) < 4.78 is 14.1. The van der Waals surface area contributed by atoms with Gasteiger partial charge in [0.2, 0.25) is 0 Å². The number of aromatic amines is 1. The number of hydrogen-bond donors (Lipinski definition) is 1. The zero-order valence-electron chi connectivity index (χ0n) is 49.8. The number of nitrogens with zero attached hydrogens (tertiary/aromatic N) is 4. The molecular formula is C84H53Br4N5. The van der Waals surface area contributed by atoms with Gasteiger partial charge in [0.25, 0.3) is 0 Å². The second-order valence-electron chi connectivity index (χ2n) is 23.5. The normalized spacial score (nSPS) is 11.7. The van der Waals surface area contributed by atoms with Crippen LogP contribution in [0.15, 0.2) is 333 Å². The molecule has 0 aliphatic rings. The van der Waals surface area contributed by atoms with Gasteiger partial charge in [-0.1, -0.05) is 246 Å². The van der Waals surface area contributed by atoms with Crippen LogP contribution in [0.25, 0.3) is 154 Å². The first kappa shape index (κ1) is 56.9. The number of aromatic nitrogens is 5. The second-order valence-corrected chi connectivity index (χ2v) is 27.2. The molecule has 0 amide bonds. The van der Waals surface area contributed by atoms with E-state index in [4.69, 9.17) is 0 Å². The largest absolute Gasteiger partial charge is 0.355 e. The van der Waals surface area contributed by atoms with Crippen LogP contribution in [-0.2, 0) is 0 Å². The number of benzene rings is 14. The predicted molar refractivity (Wildman–Crippen MR) is 408 cm³/mol. The average molecular weight is 1450 g/mol. The van der Waals surface area contributed by atoms with Gasteiger partial charge in [0.05, 0.1) is 44.1 Å². The number of hydrogen-bond acceptors (Lipinski definition) is 0. The number of rotatable bonds is 6. The molecular weight excluding hydrogens is 1400 g/mol. The highest BCUT2D eigenvalue weighted by molar-refractivity contribution is 9.11. The van der Waals surface area contributed by atoms with Crippen molar-refractivity contribution in [1.29, 1.82) is 0 Å². The van der Waals surface area contributed by atoms with E-state index in [2.05, 4.69) is 390 Å². The SMILES string of the molecule is Brc1cc(Br)cc(-c2cc(Br)cc(Br)c2)c1.c1ccc2c(c1)[nH]c1ccccc12.c1ccc2c(c1)c1ccccc1n2-c1cc(-c2cc(-n3c4ccccc4c4ccccc43)cc(-n3c4ccccc4c4ccccc43)c2)cc(-n2c3ccccc3c3ccccc32)c1. The molecule has 0 aliphatic heterocycles. The van der Waals surface area contributed by atoms with Crippen LogP contribution in [0.1, 0.15) is 0 Å². The van der Waals surface area contributed by atoms with Gasteiger partial charge in [-0.15, -0.1) is 0 Å². The molecule has 0 radical (unpaired) electrons. The molecule has 0 unspecified atom stereocenters. The highest BCUT2D eigenvalue weighted by Gasteiger charge is 2.21. The third-order valence-corrected chi connectivity index (χ3v) is 19.8. The molecule has 14 aromatic carbocycles. The van der Waals surface area contributed by atoms with Gasteiger partial charge in [0, 0.05) is 106 Å². The smallest absolute Gasteiger partial charge is 0.0541 e. The van der Waals surface area contributed by atoms with Crippen molar-refractivity contribution in [1.82, 2.24) is 23.3 Å². The van der Waals surface area contributed by atoms with Gasteiger partial charge in [-0.05, 0) is 156 Å². The van der Waals surface area contributed by atoms with E-state index in [1.54, 1.807) is 0 Å². The number of H-pyrrole nitrogens is 1. The number of nitrogens with one attached hydrogen (secondary N) is 1. The first-order valence-electron chi connectivity index (χ1n) is 30.9. The molecule has 5 nitrogen and oxygen atoms in total. The summed E-state index contributed by atoms with van der Waals surface area (Å²) in [6, 6.07) is 114. The van der Waals surface area contributed by atoms with Crippen LogP contribution in [0.4, 0.5) is 0 Å². The molecule has 9 heteroatoms. The van der Waals surface area contributed by atoms with Gasteiger partial charge in [-0.3, -0.25) is 0 Å². The Kier molecular flexibility index (Phi) is 14.4. The van der Waals surface area contributed by atoms with Crippen molar-refractivity contribution in [2.24, 2.45) is 0 Å². The number of fused-ring (bicyclic) bond motifs is 15. The summed E-state index contributed by atoms with van der Waals surface area (Å²) in [6.45, 7) is 0. The van der Waals surface area contributed by atoms with Crippen molar-refractivity contribution in [3.63, 3.8) is 0 Å². The van der Waals surface area contributed by atoms with Crippen LogP contribution >= 0.6 is 63.7 Å². The van der Waals surface area contributed by atoms with E-state index in [9.17, 15) is 0 Å². The minimum atomic E-state index is 1.06. The minimum absolute atomic E-state index is 1.06. The Balaban J connectivity index is 0.000000186. The summed E-state index contributed by atoms with van der Waals surface area (Å²) in [5, 5.41) is 12.5. The quantitative estimate of drug-likeness (QED) is 0.172. The fourth-order valence-electron chi connectivity index (χ4n) is 14.1. The van der Waals surface area contributed by atoms with E-state index in [1.165, 1.54) is 120 Å². The fraction of sp³-hybridized carbons (Fsp3) is 0. The Morgan fingerprint density at radius 3 is 0.591 bits per heavy atom. The Morgan fingerprint density at radius 2 is 0.366 bits per heavy atom. The van der Waals surface area contributed by atoms with Gasteiger partial charge in [0.1, 0.15) is 0 Å². The van der Waals surface area contributed by atoms with E-state index in [-0.39, 0.29) is 0 Å². The molecule has 0 bridgehead atoms. The molecule has 5 heterocycles. The van der Waals surface area contributed by atoms with E-state index < -0.39 is 0 Å². The summed E-state index contributed by atoms with van der Waals surface area (Å²) >= 11 is 14.0.